The summed E-state index contributed by atoms with van der Waals surface area (Å²) < 4.78 is 0. The van der Waals surface area contributed by atoms with Crippen molar-refractivity contribution in [3.8, 4) is 6.07 Å². The molecule has 1 N–H and O–H groups in total. The molecule has 0 bridgehead atoms. The van der Waals surface area contributed by atoms with Crippen LogP contribution in [0.4, 0.5) is 0 Å². The minimum atomic E-state index is -0.140. The van der Waals surface area contributed by atoms with Crippen LogP contribution in [0.2, 0.25) is 0 Å². The van der Waals surface area contributed by atoms with Crippen LogP contribution >= 0.6 is 11.3 Å². The van der Waals surface area contributed by atoms with Crippen molar-refractivity contribution in [3.63, 3.8) is 0 Å². The van der Waals surface area contributed by atoms with Gasteiger partial charge in [-0.3, -0.25) is 0 Å². The van der Waals surface area contributed by atoms with E-state index in [2.05, 4.69) is 30.2 Å². The van der Waals surface area contributed by atoms with Crippen molar-refractivity contribution < 1.29 is 0 Å². The van der Waals surface area contributed by atoms with Gasteiger partial charge in [-0.1, -0.05) is 0 Å². The number of hydrogen-bond acceptors (Lipinski definition) is 4. The Balaban J connectivity index is 2.56. The van der Waals surface area contributed by atoms with E-state index in [1.165, 1.54) is 0 Å². The van der Waals surface area contributed by atoms with Crippen LogP contribution in [0.3, 0.4) is 0 Å². The number of thiazole rings is 1. The molecule has 76 valence electrons. The third-order valence-electron chi connectivity index (χ3n) is 2.04. The van der Waals surface area contributed by atoms with Gasteiger partial charge in [0.25, 0.3) is 0 Å². The molecule has 0 aromatic carbocycles. The summed E-state index contributed by atoms with van der Waals surface area (Å²) >= 11 is 1.63. The largest absolute Gasteiger partial charge is 0.305 e. The van der Waals surface area contributed by atoms with Gasteiger partial charge in [0.15, 0.2) is 0 Å². The summed E-state index contributed by atoms with van der Waals surface area (Å²) in [6, 6.07) is 2.20. The summed E-state index contributed by atoms with van der Waals surface area (Å²) in [6.07, 6.45) is 1.80. The van der Waals surface area contributed by atoms with Gasteiger partial charge in [-0.25, -0.2) is 4.98 Å². The molecule has 1 atom stereocenters. The molecule has 1 aromatic rings. The number of aromatic nitrogens is 1. The van der Waals surface area contributed by atoms with Crippen LogP contribution < -0.4 is 5.32 Å². The van der Waals surface area contributed by atoms with Crippen LogP contribution in [0.25, 0.3) is 0 Å². The smallest absolute Gasteiger partial charge is 0.112 e. The van der Waals surface area contributed by atoms with Crippen LogP contribution in [0.15, 0.2) is 11.6 Å². The third kappa shape index (κ3) is 2.79. The number of rotatable bonds is 4. The highest BCUT2D eigenvalue weighted by atomic mass is 32.1. The van der Waals surface area contributed by atoms with Gasteiger partial charge in [0.05, 0.1) is 17.5 Å². The highest BCUT2D eigenvalue weighted by Crippen LogP contribution is 2.21. The molecule has 0 aliphatic rings. The van der Waals surface area contributed by atoms with Crippen molar-refractivity contribution in [2.75, 3.05) is 6.54 Å². The molecule has 0 saturated carbocycles. The molecule has 0 aliphatic heterocycles. The maximum atomic E-state index is 8.66. The van der Waals surface area contributed by atoms with Gasteiger partial charge in [-0.05, 0) is 20.8 Å². The summed E-state index contributed by atoms with van der Waals surface area (Å²) in [7, 11) is 0. The summed E-state index contributed by atoms with van der Waals surface area (Å²) in [5.74, 6) is 0.0363. The van der Waals surface area contributed by atoms with Crippen LogP contribution in [0.1, 0.15) is 25.8 Å². The second kappa shape index (κ2) is 4.54. The Bertz CT molecular complexity index is 311. The first kappa shape index (κ1) is 11.2. The number of nitrogens with zero attached hydrogens (tertiary/aromatic N) is 2. The molecule has 1 aromatic heterocycles. The minimum absolute atomic E-state index is 0.0363. The zero-order valence-electron chi connectivity index (χ0n) is 8.74. The number of nitriles is 1. The molecular weight excluding hydrogens is 194 g/mol. The molecule has 0 radical (unpaired) electrons. The van der Waals surface area contributed by atoms with Crippen molar-refractivity contribution in [2.24, 2.45) is 5.92 Å². The lowest BCUT2D eigenvalue weighted by atomic mass is 10.1. The molecule has 1 heterocycles. The molecule has 14 heavy (non-hydrogen) atoms. The standard InChI is InChI=1S/C10H15N3S/c1-8(6-11)7-13-10(2,3)9-12-4-5-14-9/h4-5,8,13H,7H2,1-3H3. The first-order valence-corrected chi connectivity index (χ1v) is 5.49. The van der Waals surface area contributed by atoms with E-state index in [0.717, 1.165) is 5.01 Å². The monoisotopic (exact) mass is 209 g/mol. The Kier molecular flexibility index (Phi) is 3.62. The van der Waals surface area contributed by atoms with Crippen LogP contribution in [-0.4, -0.2) is 11.5 Å². The molecule has 0 aliphatic carbocycles. The molecular formula is C10H15N3S. The number of hydrogen-bond donors (Lipinski definition) is 1. The molecule has 1 rings (SSSR count). The predicted molar refractivity (Wildman–Crippen MR) is 57.9 cm³/mol. The normalized spacial score (nSPS) is 13.6. The molecule has 3 nitrogen and oxygen atoms in total. The Hall–Kier alpha value is -0.920. The first-order valence-electron chi connectivity index (χ1n) is 4.61. The average Bonchev–Trinajstić information content (AvgIpc) is 2.67. The van der Waals surface area contributed by atoms with Gasteiger partial charge in [-0.15, -0.1) is 11.3 Å². The van der Waals surface area contributed by atoms with Crippen molar-refractivity contribution in [2.45, 2.75) is 26.3 Å². The van der Waals surface area contributed by atoms with Crippen molar-refractivity contribution in [1.82, 2.24) is 10.3 Å². The van der Waals surface area contributed by atoms with Gasteiger partial charge in [0, 0.05) is 18.1 Å². The molecule has 0 amide bonds. The zero-order chi connectivity index (χ0) is 10.6. The summed E-state index contributed by atoms with van der Waals surface area (Å²) in [5.41, 5.74) is -0.140. The Labute approximate surface area is 88.8 Å². The molecule has 0 spiro atoms. The van der Waals surface area contributed by atoms with Crippen molar-refractivity contribution in [1.29, 1.82) is 5.26 Å². The Morgan fingerprint density at radius 1 is 1.71 bits per heavy atom. The van der Waals surface area contributed by atoms with Crippen LogP contribution in [0.5, 0.6) is 0 Å². The lowest BCUT2D eigenvalue weighted by Crippen LogP contribution is -2.38. The van der Waals surface area contributed by atoms with Gasteiger partial charge >= 0.3 is 0 Å². The van der Waals surface area contributed by atoms with E-state index in [0.29, 0.717) is 6.54 Å². The second-order valence-electron chi connectivity index (χ2n) is 3.87. The Morgan fingerprint density at radius 2 is 2.43 bits per heavy atom. The van der Waals surface area contributed by atoms with Gasteiger partial charge in [-0.2, -0.15) is 5.26 Å². The Morgan fingerprint density at radius 3 is 2.93 bits per heavy atom. The van der Waals surface area contributed by atoms with E-state index < -0.39 is 0 Å². The minimum Gasteiger partial charge on any atom is -0.305 e. The fourth-order valence-corrected chi connectivity index (χ4v) is 1.80. The van der Waals surface area contributed by atoms with E-state index in [9.17, 15) is 0 Å². The first-order chi connectivity index (χ1) is 6.56. The van der Waals surface area contributed by atoms with Crippen LogP contribution in [-0.2, 0) is 5.54 Å². The van der Waals surface area contributed by atoms with E-state index in [-0.39, 0.29) is 11.5 Å². The lowest BCUT2D eigenvalue weighted by Gasteiger charge is -2.24. The average molecular weight is 209 g/mol. The molecule has 0 saturated heterocycles. The van der Waals surface area contributed by atoms with Crippen molar-refractivity contribution in [3.05, 3.63) is 16.6 Å². The highest BCUT2D eigenvalue weighted by Gasteiger charge is 2.22. The maximum Gasteiger partial charge on any atom is 0.112 e. The van der Waals surface area contributed by atoms with E-state index in [1.54, 1.807) is 17.5 Å². The fraction of sp³-hybridized carbons (Fsp3) is 0.600. The van der Waals surface area contributed by atoms with Gasteiger partial charge in [0.2, 0.25) is 0 Å². The molecule has 1 unspecified atom stereocenters. The van der Waals surface area contributed by atoms with Gasteiger partial charge < -0.3 is 5.32 Å². The van der Waals surface area contributed by atoms with E-state index in [1.807, 2.05) is 12.3 Å². The molecule has 4 heteroatoms. The highest BCUT2D eigenvalue weighted by molar-refractivity contribution is 7.09. The summed E-state index contributed by atoms with van der Waals surface area (Å²) in [5, 5.41) is 15.0. The quantitative estimate of drug-likeness (QED) is 0.826. The number of nitrogens with one attached hydrogen (secondary N) is 1. The van der Waals surface area contributed by atoms with E-state index in [4.69, 9.17) is 5.26 Å². The van der Waals surface area contributed by atoms with E-state index >= 15 is 0 Å². The third-order valence-corrected chi connectivity index (χ3v) is 3.13. The second-order valence-corrected chi connectivity index (χ2v) is 4.77. The van der Waals surface area contributed by atoms with Gasteiger partial charge in [0.1, 0.15) is 5.01 Å². The summed E-state index contributed by atoms with van der Waals surface area (Å²) in [6.45, 7) is 6.76. The SMILES string of the molecule is CC(C#N)CNC(C)(C)c1nccs1. The zero-order valence-corrected chi connectivity index (χ0v) is 9.56. The van der Waals surface area contributed by atoms with Crippen molar-refractivity contribution >= 4 is 11.3 Å². The topological polar surface area (TPSA) is 48.7 Å². The predicted octanol–water partition coefficient (Wildman–Crippen LogP) is 2.13. The summed E-state index contributed by atoms with van der Waals surface area (Å²) in [4.78, 5) is 4.26. The molecule has 0 fully saturated rings. The van der Waals surface area contributed by atoms with Crippen LogP contribution in [0, 0.1) is 17.2 Å². The lowest BCUT2D eigenvalue weighted by molar-refractivity contribution is 0.385. The fourth-order valence-electron chi connectivity index (χ4n) is 1.06. The maximum absolute atomic E-state index is 8.66.